The third kappa shape index (κ3) is 3.02. The molecule has 3 heteroatoms. The number of rotatable bonds is 4. The molecule has 1 rings (SSSR count). The molecule has 15 heavy (non-hydrogen) atoms. The molecular formula is C12H17BrFN. The number of hydrogen-bond acceptors (Lipinski definition) is 1. The quantitative estimate of drug-likeness (QED) is 0.883. The summed E-state index contributed by atoms with van der Waals surface area (Å²) in [7, 11) is 1.92. The van der Waals surface area contributed by atoms with Gasteiger partial charge in [0.1, 0.15) is 5.82 Å². The Kier molecular flexibility index (Phi) is 4.74. The zero-order valence-electron chi connectivity index (χ0n) is 9.35. The summed E-state index contributed by atoms with van der Waals surface area (Å²) in [6.07, 6.45) is 0.993. The fourth-order valence-electron chi connectivity index (χ4n) is 1.90. The molecule has 0 aromatic heterocycles. The second-order valence-corrected chi connectivity index (χ2v) is 4.67. The number of likely N-dealkylation sites (N-methyl/N-ethyl adjacent to an activating group) is 1. The predicted molar refractivity (Wildman–Crippen MR) is 65.7 cm³/mol. The first-order valence-electron chi connectivity index (χ1n) is 5.22. The first kappa shape index (κ1) is 12.7. The molecule has 2 unspecified atom stereocenters. The van der Waals surface area contributed by atoms with Crippen LogP contribution in [0.3, 0.4) is 0 Å². The molecule has 0 fully saturated rings. The van der Waals surface area contributed by atoms with Crippen LogP contribution >= 0.6 is 15.9 Å². The van der Waals surface area contributed by atoms with Gasteiger partial charge in [0.2, 0.25) is 0 Å². The van der Waals surface area contributed by atoms with Gasteiger partial charge in [-0.3, -0.25) is 0 Å². The Hall–Kier alpha value is -0.410. The van der Waals surface area contributed by atoms with E-state index in [0.29, 0.717) is 6.04 Å². The van der Waals surface area contributed by atoms with Crippen molar-refractivity contribution in [1.82, 2.24) is 5.32 Å². The summed E-state index contributed by atoms with van der Waals surface area (Å²) < 4.78 is 14.5. The molecule has 2 atom stereocenters. The maximum atomic E-state index is 13.7. The van der Waals surface area contributed by atoms with Crippen LogP contribution in [0.5, 0.6) is 0 Å². The second kappa shape index (κ2) is 5.61. The van der Waals surface area contributed by atoms with Crippen LogP contribution in [0, 0.1) is 5.82 Å². The SMILES string of the molecule is CCC(NC)C(C)c1ccc(Br)cc1F. The Morgan fingerprint density at radius 2 is 2.13 bits per heavy atom. The van der Waals surface area contributed by atoms with Crippen molar-refractivity contribution in [1.29, 1.82) is 0 Å². The zero-order valence-corrected chi connectivity index (χ0v) is 10.9. The van der Waals surface area contributed by atoms with E-state index in [4.69, 9.17) is 0 Å². The highest BCUT2D eigenvalue weighted by Crippen LogP contribution is 2.25. The maximum Gasteiger partial charge on any atom is 0.127 e. The Balaban J connectivity index is 2.94. The van der Waals surface area contributed by atoms with Gasteiger partial charge in [-0.2, -0.15) is 0 Å². The van der Waals surface area contributed by atoms with Crippen LogP contribution in [0.15, 0.2) is 22.7 Å². The Bertz CT molecular complexity index is 323. The molecule has 1 N–H and O–H groups in total. The van der Waals surface area contributed by atoms with E-state index < -0.39 is 0 Å². The van der Waals surface area contributed by atoms with Crippen LogP contribution < -0.4 is 5.32 Å². The van der Waals surface area contributed by atoms with E-state index in [0.717, 1.165) is 16.5 Å². The summed E-state index contributed by atoms with van der Waals surface area (Å²) in [5.74, 6) is 0.0543. The van der Waals surface area contributed by atoms with E-state index in [9.17, 15) is 4.39 Å². The van der Waals surface area contributed by atoms with E-state index in [1.807, 2.05) is 19.2 Å². The fourth-order valence-corrected chi connectivity index (χ4v) is 2.23. The van der Waals surface area contributed by atoms with Gasteiger partial charge >= 0.3 is 0 Å². The molecule has 0 heterocycles. The topological polar surface area (TPSA) is 12.0 Å². The average molecular weight is 274 g/mol. The lowest BCUT2D eigenvalue weighted by molar-refractivity contribution is 0.456. The lowest BCUT2D eigenvalue weighted by Gasteiger charge is -2.23. The van der Waals surface area contributed by atoms with Crippen molar-refractivity contribution in [3.05, 3.63) is 34.1 Å². The highest BCUT2D eigenvalue weighted by Gasteiger charge is 2.18. The maximum absolute atomic E-state index is 13.7. The summed E-state index contributed by atoms with van der Waals surface area (Å²) in [6.45, 7) is 4.16. The largest absolute Gasteiger partial charge is 0.316 e. The van der Waals surface area contributed by atoms with E-state index >= 15 is 0 Å². The lowest BCUT2D eigenvalue weighted by atomic mass is 9.91. The van der Waals surface area contributed by atoms with E-state index in [-0.39, 0.29) is 11.7 Å². The van der Waals surface area contributed by atoms with Gasteiger partial charge < -0.3 is 5.32 Å². The van der Waals surface area contributed by atoms with E-state index in [1.54, 1.807) is 0 Å². The molecule has 0 bridgehead atoms. The second-order valence-electron chi connectivity index (χ2n) is 3.76. The highest BCUT2D eigenvalue weighted by atomic mass is 79.9. The summed E-state index contributed by atoms with van der Waals surface area (Å²) >= 11 is 3.26. The molecule has 1 nitrogen and oxygen atoms in total. The van der Waals surface area contributed by atoms with Gasteiger partial charge in [-0.1, -0.05) is 35.8 Å². The van der Waals surface area contributed by atoms with Crippen molar-refractivity contribution in [2.45, 2.75) is 32.2 Å². The van der Waals surface area contributed by atoms with Crippen LogP contribution in [-0.4, -0.2) is 13.1 Å². The van der Waals surface area contributed by atoms with Crippen molar-refractivity contribution < 1.29 is 4.39 Å². The van der Waals surface area contributed by atoms with Crippen LogP contribution in [0.25, 0.3) is 0 Å². The number of nitrogens with one attached hydrogen (secondary N) is 1. The molecule has 0 aliphatic carbocycles. The van der Waals surface area contributed by atoms with Crippen LogP contribution in [0.1, 0.15) is 31.7 Å². The molecule has 1 aromatic carbocycles. The van der Waals surface area contributed by atoms with Crippen molar-refractivity contribution in [2.24, 2.45) is 0 Å². The van der Waals surface area contributed by atoms with E-state index in [1.165, 1.54) is 6.07 Å². The Morgan fingerprint density at radius 3 is 2.60 bits per heavy atom. The first-order valence-corrected chi connectivity index (χ1v) is 6.01. The third-order valence-electron chi connectivity index (χ3n) is 2.87. The van der Waals surface area contributed by atoms with Crippen molar-refractivity contribution >= 4 is 15.9 Å². The lowest BCUT2D eigenvalue weighted by Crippen LogP contribution is -2.30. The van der Waals surface area contributed by atoms with Gasteiger partial charge in [-0.05, 0) is 37.1 Å². The summed E-state index contributed by atoms with van der Waals surface area (Å²) in [5.41, 5.74) is 0.777. The summed E-state index contributed by atoms with van der Waals surface area (Å²) in [5, 5.41) is 3.21. The molecule has 0 saturated heterocycles. The minimum absolute atomic E-state index is 0.134. The molecule has 0 aliphatic heterocycles. The normalized spacial score (nSPS) is 15.0. The van der Waals surface area contributed by atoms with Gasteiger partial charge in [-0.15, -0.1) is 0 Å². The van der Waals surface area contributed by atoms with Crippen molar-refractivity contribution in [3.8, 4) is 0 Å². The Morgan fingerprint density at radius 1 is 1.47 bits per heavy atom. The fraction of sp³-hybridized carbons (Fsp3) is 0.500. The van der Waals surface area contributed by atoms with Gasteiger partial charge in [0.25, 0.3) is 0 Å². The Labute approximate surface area is 99.2 Å². The third-order valence-corrected chi connectivity index (χ3v) is 3.36. The molecule has 0 spiro atoms. The van der Waals surface area contributed by atoms with Gasteiger partial charge in [0, 0.05) is 10.5 Å². The average Bonchev–Trinajstić information content (AvgIpc) is 2.19. The summed E-state index contributed by atoms with van der Waals surface area (Å²) in [6, 6.07) is 5.58. The molecule has 1 aromatic rings. The molecule has 0 saturated carbocycles. The standard InChI is InChI=1S/C12H17BrFN/c1-4-12(15-3)8(2)10-6-5-9(13)7-11(10)14/h5-8,12,15H,4H2,1-3H3. The predicted octanol–water partition coefficient (Wildman–Crippen LogP) is 3.69. The molecule has 0 aliphatic rings. The monoisotopic (exact) mass is 273 g/mol. The zero-order chi connectivity index (χ0) is 11.4. The first-order chi connectivity index (χ1) is 7.10. The molecule has 84 valence electrons. The molecule has 0 radical (unpaired) electrons. The molecular weight excluding hydrogens is 257 g/mol. The number of halogens is 2. The smallest absolute Gasteiger partial charge is 0.127 e. The van der Waals surface area contributed by atoms with Gasteiger partial charge in [0.05, 0.1) is 0 Å². The number of hydrogen-bond donors (Lipinski definition) is 1. The minimum Gasteiger partial charge on any atom is -0.316 e. The van der Waals surface area contributed by atoms with Gasteiger partial charge in [-0.25, -0.2) is 4.39 Å². The number of benzene rings is 1. The van der Waals surface area contributed by atoms with Crippen molar-refractivity contribution in [2.75, 3.05) is 7.05 Å². The minimum atomic E-state index is -0.134. The van der Waals surface area contributed by atoms with E-state index in [2.05, 4.69) is 35.1 Å². The van der Waals surface area contributed by atoms with Gasteiger partial charge in [0.15, 0.2) is 0 Å². The van der Waals surface area contributed by atoms with Crippen LogP contribution in [0.2, 0.25) is 0 Å². The van der Waals surface area contributed by atoms with Crippen LogP contribution in [-0.2, 0) is 0 Å². The molecule has 0 amide bonds. The van der Waals surface area contributed by atoms with Crippen molar-refractivity contribution in [3.63, 3.8) is 0 Å². The van der Waals surface area contributed by atoms with Crippen LogP contribution in [0.4, 0.5) is 4.39 Å². The highest BCUT2D eigenvalue weighted by molar-refractivity contribution is 9.10. The summed E-state index contributed by atoms with van der Waals surface area (Å²) in [4.78, 5) is 0.